The molecule has 0 aromatic heterocycles. The number of nitriles is 1. The number of allylic oxidation sites excluding steroid dienone is 1. The highest BCUT2D eigenvalue weighted by molar-refractivity contribution is 6.30. The molecule has 0 aliphatic carbocycles. The average molecular weight is 269 g/mol. The van der Waals surface area contributed by atoms with Crippen LogP contribution in [0.5, 0.6) is 0 Å². The van der Waals surface area contributed by atoms with E-state index in [9.17, 15) is 5.26 Å². The van der Waals surface area contributed by atoms with Gasteiger partial charge in [-0.1, -0.05) is 48.0 Å². The molecule has 19 heavy (non-hydrogen) atoms. The topological polar surface area (TPSA) is 49.8 Å². The maximum Gasteiger partial charge on any atom is 0.102 e. The van der Waals surface area contributed by atoms with Crippen molar-refractivity contribution in [2.45, 2.75) is 6.92 Å². The molecule has 0 amide bonds. The van der Waals surface area contributed by atoms with Gasteiger partial charge in [0.1, 0.15) is 6.07 Å². The second-order valence-electron chi connectivity index (χ2n) is 4.23. The number of aryl methyl sites for hydroxylation is 1. The van der Waals surface area contributed by atoms with Crippen molar-refractivity contribution in [2.75, 3.05) is 0 Å². The van der Waals surface area contributed by atoms with E-state index in [1.807, 2.05) is 49.4 Å². The number of hydrogen-bond donors (Lipinski definition) is 1. The Kier molecular flexibility index (Phi) is 3.89. The molecule has 2 rings (SSSR count). The molecule has 2 aromatic carbocycles. The van der Waals surface area contributed by atoms with Crippen molar-refractivity contribution in [1.82, 2.24) is 0 Å². The molecule has 0 atom stereocenters. The van der Waals surface area contributed by atoms with E-state index in [4.69, 9.17) is 17.3 Å². The lowest BCUT2D eigenvalue weighted by atomic mass is 9.98. The fourth-order valence-corrected chi connectivity index (χ4v) is 2.18. The van der Waals surface area contributed by atoms with Crippen LogP contribution in [0.15, 0.2) is 48.5 Å². The van der Waals surface area contributed by atoms with E-state index in [1.165, 1.54) is 0 Å². The highest BCUT2D eigenvalue weighted by Crippen LogP contribution is 2.25. The Bertz CT molecular complexity index is 667. The van der Waals surface area contributed by atoms with Crippen LogP contribution in [0.4, 0.5) is 0 Å². The van der Waals surface area contributed by atoms with Crippen LogP contribution in [0.3, 0.4) is 0 Å². The Labute approximate surface area is 117 Å². The summed E-state index contributed by atoms with van der Waals surface area (Å²) in [7, 11) is 0. The first-order valence-electron chi connectivity index (χ1n) is 5.85. The van der Waals surface area contributed by atoms with E-state index >= 15 is 0 Å². The lowest BCUT2D eigenvalue weighted by molar-refractivity contribution is 1.39. The Morgan fingerprint density at radius 2 is 1.84 bits per heavy atom. The molecule has 0 radical (unpaired) electrons. The molecule has 3 heteroatoms. The molecule has 0 saturated carbocycles. The lowest BCUT2D eigenvalue weighted by Gasteiger charge is -2.09. The molecule has 94 valence electrons. The van der Waals surface area contributed by atoms with Crippen LogP contribution in [0.1, 0.15) is 16.7 Å². The van der Waals surface area contributed by atoms with Gasteiger partial charge in [-0.25, -0.2) is 0 Å². The van der Waals surface area contributed by atoms with Gasteiger partial charge in [0.15, 0.2) is 0 Å². The largest absolute Gasteiger partial charge is 0.397 e. The van der Waals surface area contributed by atoms with E-state index < -0.39 is 0 Å². The number of nitrogens with zero attached hydrogens (tertiary/aromatic N) is 1. The highest BCUT2D eigenvalue weighted by atomic mass is 35.5. The van der Waals surface area contributed by atoms with Gasteiger partial charge in [-0.3, -0.25) is 0 Å². The van der Waals surface area contributed by atoms with Crippen LogP contribution in [0.2, 0.25) is 5.02 Å². The molecular weight excluding hydrogens is 256 g/mol. The van der Waals surface area contributed by atoms with Crippen molar-refractivity contribution in [3.63, 3.8) is 0 Å². The van der Waals surface area contributed by atoms with Gasteiger partial charge in [0, 0.05) is 10.6 Å². The van der Waals surface area contributed by atoms with Crippen LogP contribution >= 0.6 is 11.6 Å². The van der Waals surface area contributed by atoms with Crippen LogP contribution < -0.4 is 5.73 Å². The van der Waals surface area contributed by atoms with Crippen molar-refractivity contribution in [2.24, 2.45) is 5.73 Å². The summed E-state index contributed by atoms with van der Waals surface area (Å²) in [6.45, 7) is 1.92. The van der Waals surface area contributed by atoms with E-state index in [0.717, 1.165) is 16.7 Å². The zero-order valence-corrected chi connectivity index (χ0v) is 11.3. The van der Waals surface area contributed by atoms with Crippen LogP contribution in [0, 0.1) is 18.3 Å². The molecule has 0 heterocycles. The minimum atomic E-state index is 0.475. The molecule has 0 unspecified atom stereocenters. The fourth-order valence-electron chi connectivity index (χ4n) is 1.95. The second-order valence-corrected chi connectivity index (χ2v) is 4.66. The average Bonchev–Trinajstić information content (AvgIpc) is 2.40. The van der Waals surface area contributed by atoms with Crippen LogP contribution in [-0.2, 0) is 0 Å². The van der Waals surface area contributed by atoms with Gasteiger partial charge in [-0.05, 0) is 30.2 Å². The molecule has 2 N–H and O–H groups in total. The summed E-state index contributed by atoms with van der Waals surface area (Å²) in [5, 5.41) is 10.0. The first kappa shape index (κ1) is 13.2. The Balaban J connectivity index is 2.59. The molecule has 0 saturated heterocycles. The summed E-state index contributed by atoms with van der Waals surface area (Å²) in [6.07, 6.45) is 0. The number of benzene rings is 2. The number of halogens is 1. The SMILES string of the molecule is Cc1cc(Cl)ccc1/C(N)=C(/C#N)c1ccccc1. The summed E-state index contributed by atoms with van der Waals surface area (Å²) in [5.41, 5.74) is 9.71. The summed E-state index contributed by atoms with van der Waals surface area (Å²) in [5.74, 6) is 0. The smallest absolute Gasteiger partial charge is 0.102 e. The van der Waals surface area contributed by atoms with Gasteiger partial charge in [-0.15, -0.1) is 0 Å². The van der Waals surface area contributed by atoms with Crippen LogP contribution in [0.25, 0.3) is 11.3 Å². The predicted molar refractivity (Wildman–Crippen MR) is 79.2 cm³/mol. The van der Waals surface area contributed by atoms with Gasteiger partial charge in [0.2, 0.25) is 0 Å². The Morgan fingerprint density at radius 1 is 1.16 bits per heavy atom. The third-order valence-electron chi connectivity index (χ3n) is 2.92. The quantitative estimate of drug-likeness (QED) is 0.661. The predicted octanol–water partition coefficient (Wildman–Crippen LogP) is 4.00. The van der Waals surface area contributed by atoms with Crippen molar-refractivity contribution in [1.29, 1.82) is 5.26 Å². The minimum Gasteiger partial charge on any atom is -0.397 e. The fraction of sp³-hybridized carbons (Fsp3) is 0.0625. The summed E-state index contributed by atoms with van der Waals surface area (Å²) in [4.78, 5) is 0. The Morgan fingerprint density at radius 3 is 2.42 bits per heavy atom. The molecular formula is C16H13ClN2. The summed E-state index contributed by atoms with van der Waals surface area (Å²) >= 11 is 5.93. The normalized spacial score (nSPS) is 11.6. The molecule has 0 aliphatic heterocycles. The second kappa shape index (κ2) is 5.60. The Hall–Kier alpha value is -2.24. The third kappa shape index (κ3) is 2.78. The number of hydrogen-bond acceptors (Lipinski definition) is 2. The minimum absolute atomic E-state index is 0.475. The van der Waals surface area contributed by atoms with E-state index in [1.54, 1.807) is 6.07 Å². The van der Waals surface area contributed by atoms with E-state index in [2.05, 4.69) is 6.07 Å². The van der Waals surface area contributed by atoms with Gasteiger partial charge in [-0.2, -0.15) is 5.26 Å². The first-order chi connectivity index (χ1) is 9.13. The maximum atomic E-state index is 9.34. The van der Waals surface area contributed by atoms with Crippen molar-refractivity contribution in [3.05, 3.63) is 70.2 Å². The summed E-state index contributed by atoms with van der Waals surface area (Å²) in [6, 6.07) is 17.0. The number of nitrogens with two attached hydrogens (primary N) is 1. The third-order valence-corrected chi connectivity index (χ3v) is 3.16. The van der Waals surface area contributed by atoms with E-state index in [-0.39, 0.29) is 0 Å². The zero-order chi connectivity index (χ0) is 13.8. The molecule has 2 nitrogen and oxygen atoms in total. The molecule has 0 fully saturated rings. The van der Waals surface area contributed by atoms with E-state index in [0.29, 0.717) is 16.3 Å². The van der Waals surface area contributed by atoms with Gasteiger partial charge >= 0.3 is 0 Å². The molecule has 0 aliphatic rings. The number of rotatable bonds is 2. The monoisotopic (exact) mass is 268 g/mol. The van der Waals surface area contributed by atoms with Gasteiger partial charge in [0.25, 0.3) is 0 Å². The first-order valence-corrected chi connectivity index (χ1v) is 6.23. The highest BCUT2D eigenvalue weighted by Gasteiger charge is 2.10. The van der Waals surface area contributed by atoms with Crippen molar-refractivity contribution >= 4 is 22.9 Å². The van der Waals surface area contributed by atoms with Gasteiger partial charge in [0.05, 0.1) is 11.3 Å². The van der Waals surface area contributed by atoms with Crippen molar-refractivity contribution in [3.8, 4) is 6.07 Å². The molecule has 0 spiro atoms. The molecule has 0 bridgehead atoms. The van der Waals surface area contributed by atoms with Crippen molar-refractivity contribution < 1.29 is 0 Å². The maximum absolute atomic E-state index is 9.34. The zero-order valence-electron chi connectivity index (χ0n) is 10.5. The lowest BCUT2D eigenvalue weighted by Crippen LogP contribution is -2.02. The van der Waals surface area contributed by atoms with Gasteiger partial charge < -0.3 is 5.73 Å². The van der Waals surface area contributed by atoms with Crippen LogP contribution in [-0.4, -0.2) is 0 Å². The molecule has 2 aromatic rings. The summed E-state index contributed by atoms with van der Waals surface area (Å²) < 4.78 is 0. The standard InChI is InChI=1S/C16H13ClN2/c1-11-9-13(17)7-8-14(11)16(19)15(10-18)12-5-3-2-4-6-12/h2-9H,19H2,1H3/b16-15+.